The third kappa shape index (κ3) is 3.14. The molecule has 2 aromatic carbocycles. The lowest BCUT2D eigenvalue weighted by Crippen LogP contribution is -2.10. The molecule has 2 aliphatic heterocycles. The highest BCUT2D eigenvalue weighted by atomic mass is 32.2. The van der Waals surface area contributed by atoms with Crippen LogP contribution in [-0.4, -0.2) is 15.2 Å². The van der Waals surface area contributed by atoms with Gasteiger partial charge in [-0.15, -0.1) is 11.8 Å². The van der Waals surface area contributed by atoms with Crippen LogP contribution in [0.15, 0.2) is 118 Å². The summed E-state index contributed by atoms with van der Waals surface area (Å²) in [5.41, 5.74) is 7.72. The van der Waals surface area contributed by atoms with E-state index in [9.17, 15) is 0 Å². The molecule has 8 rings (SSSR count). The number of nitrogens with zero attached hydrogens (tertiary/aromatic N) is 2. The van der Waals surface area contributed by atoms with Gasteiger partial charge in [-0.2, -0.15) is 0 Å². The molecule has 2 aliphatic carbocycles. The molecule has 0 N–H and O–H groups in total. The van der Waals surface area contributed by atoms with Crippen LogP contribution in [0, 0.1) is 0 Å². The highest BCUT2D eigenvalue weighted by Crippen LogP contribution is 2.57. The molecule has 0 saturated heterocycles. The third-order valence-electron chi connectivity index (χ3n) is 7.66. The van der Waals surface area contributed by atoms with Gasteiger partial charge in [-0.3, -0.25) is 9.97 Å². The quantitative estimate of drug-likeness (QED) is 0.277. The summed E-state index contributed by atoms with van der Waals surface area (Å²) in [5, 5.41) is 3.25. The van der Waals surface area contributed by atoms with Gasteiger partial charge in [-0.05, 0) is 75.4 Å². The lowest BCUT2D eigenvalue weighted by Gasteiger charge is -2.28. The molecule has 4 heteroatoms. The standard InChI is InChI=1S/C32H22N2S2/c1-3-14-33-25(7-1)19-10-12-21-24-18-30-31(23-6-5-9-27(32(23)24)35-28(21)16-19)22-13-11-20(17-29(22)36-30)26-8-2-4-15-34-26/h1-15,17-19,22,29H,16H2. The van der Waals surface area contributed by atoms with E-state index < -0.39 is 0 Å². The fourth-order valence-electron chi connectivity index (χ4n) is 6.01. The Morgan fingerprint density at radius 3 is 2.61 bits per heavy atom. The molecule has 0 saturated carbocycles. The molecule has 4 aliphatic rings. The van der Waals surface area contributed by atoms with Crippen molar-refractivity contribution in [3.05, 3.63) is 131 Å². The molecule has 3 atom stereocenters. The van der Waals surface area contributed by atoms with E-state index in [-0.39, 0.29) is 0 Å². The number of thioether (sulfide) groups is 2. The van der Waals surface area contributed by atoms with E-state index in [1.165, 1.54) is 47.7 Å². The van der Waals surface area contributed by atoms with Gasteiger partial charge in [0.1, 0.15) is 0 Å². The van der Waals surface area contributed by atoms with Crippen molar-refractivity contribution in [3.8, 4) is 0 Å². The molecular formula is C32H22N2S2. The van der Waals surface area contributed by atoms with Crippen molar-refractivity contribution in [2.24, 2.45) is 0 Å². The first-order chi connectivity index (χ1) is 17.8. The Morgan fingerprint density at radius 2 is 1.75 bits per heavy atom. The van der Waals surface area contributed by atoms with Crippen LogP contribution in [0.5, 0.6) is 0 Å². The van der Waals surface area contributed by atoms with Crippen molar-refractivity contribution >= 4 is 45.4 Å². The zero-order valence-electron chi connectivity index (χ0n) is 19.5. The molecule has 36 heavy (non-hydrogen) atoms. The SMILES string of the molecule is C1=CC2c3c(cc4c5c(cccc35)SC3=C4C=CC(c4ccccn4)C3)SC2C=C1c1ccccn1. The predicted molar refractivity (Wildman–Crippen MR) is 151 cm³/mol. The molecule has 0 spiro atoms. The van der Waals surface area contributed by atoms with Crippen LogP contribution in [0.4, 0.5) is 0 Å². The summed E-state index contributed by atoms with van der Waals surface area (Å²) < 4.78 is 0. The molecule has 2 nitrogen and oxygen atoms in total. The molecule has 0 fully saturated rings. The van der Waals surface area contributed by atoms with Crippen molar-refractivity contribution < 1.29 is 0 Å². The second-order valence-electron chi connectivity index (χ2n) is 9.68. The van der Waals surface area contributed by atoms with Crippen molar-refractivity contribution in [3.63, 3.8) is 0 Å². The normalized spacial score (nSPS) is 23.3. The maximum atomic E-state index is 4.64. The van der Waals surface area contributed by atoms with E-state index in [1.807, 2.05) is 48.1 Å². The summed E-state index contributed by atoms with van der Waals surface area (Å²) >= 11 is 3.97. The molecule has 4 aromatic rings. The van der Waals surface area contributed by atoms with Crippen molar-refractivity contribution in [2.75, 3.05) is 0 Å². The highest BCUT2D eigenvalue weighted by molar-refractivity contribution is 8.03. The summed E-state index contributed by atoms with van der Waals surface area (Å²) in [6, 6.07) is 21.7. The van der Waals surface area contributed by atoms with E-state index in [0.717, 1.165) is 17.8 Å². The Kier molecular flexibility index (Phi) is 4.68. The average molecular weight is 499 g/mol. The molecular weight excluding hydrogens is 477 g/mol. The Hall–Kier alpha value is -3.34. The van der Waals surface area contributed by atoms with Crippen molar-refractivity contribution in [2.45, 2.75) is 33.3 Å². The van der Waals surface area contributed by atoms with Gasteiger partial charge in [0.25, 0.3) is 0 Å². The van der Waals surface area contributed by atoms with Gasteiger partial charge in [0.2, 0.25) is 0 Å². The van der Waals surface area contributed by atoms with Crippen LogP contribution in [0.25, 0.3) is 21.9 Å². The molecule has 0 radical (unpaired) electrons. The first-order valence-electron chi connectivity index (χ1n) is 12.4. The van der Waals surface area contributed by atoms with Gasteiger partial charge in [-0.25, -0.2) is 0 Å². The summed E-state index contributed by atoms with van der Waals surface area (Å²) in [6.07, 6.45) is 16.6. The van der Waals surface area contributed by atoms with Crippen LogP contribution in [-0.2, 0) is 0 Å². The summed E-state index contributed by atoms with van der Waals surface area (Å²) in [4.78, 5) is 13.5. The number of aromatic nitrogens is 2. The maximum absolute atomic E-state index is 4.64. The van der Waals surface area contributed by atoms with Gasteiger partial charge in [0.15, 0.2) is 0 Å². The first kappa shape index (κ1) is 20.8. The Bertz CT molecular complexity index is 1670. The van der Waals surface area contributed by atoms with Crippen LogP contribution in [0.2, 0.25) is 0 Å². The lowest BCUT2D eigenvalue weighted by atomic mass is 9.83. The number of pyridine rings is 2. The smallest absolute Gasteiger partial charge is 0.0699 e. The van der Waals surface area contributed by atoms with Crippen LogP contribution < -0.4 is 0 Å². The maximum Gasteiger partial charge on any atom is 0.0699 e. The minimum absolute atomic E-state index is 0.338. The number of allylic oxidation sites excluding steroid dienone is 7. The van der Waals surface area contributed by atoms with Gasteiger partial charge in [0.05, 0.1) is 5.69 Å². The fourth-order valence-corrected chi connectivity index (χ4v) is 8.73. The molecule has 172 valence electrons. The van der Waals surface area contributed by atoms with Gasteiger partial charge in [0, 0.05) is 50.4 Å². The third-order valence-corrected chi connectivity index (χ3v) is 10.1. The second kappa shape index (κ2) is 8.09. The molecule has 2 aromatic heterocycles. The van der Waals surface area contributed by atoms with Gasteiger partial charge >= 0.3 is 0 Å². The van der Waals surface area contributed by atoms with Crippen molar-refractivity contribution in [1.29, 1.82) is 0 Å². The van der Waals surface area contributed by atoms with Gasteiger partial charge < -0.3 is 0 Å². The first-order valence-corrected chi connectivity index (χ1v) is 14.1. The van der Waals surface area contributed by atoms with Crippen LogP contribution >= 0.6 is 23.5 Å². The van der Waals surface area contributed by atoms with E-state index in [0.29, 0.717) is 17.1 Å². The molecule has 4 heterocycles. The fraction of sp³-hybridized carbons (Fsp3) is 0.125. The zero-order valence-corrected chi connectivity index (χ0v) is 21.1. The topological polar surface area (TPSA) is 25.8 Å². The Balaban J connectivity index is 1.23. The minimum Gasteiger partial charge on any atom is -0.261 e. The Labute approximate surface area is 219 Å². The van der Waals surface area contributed by atoms with E-state index in [1.54, 1.807) is 0 Å². The largest absolute Gasteiger partial charge is 0.261 e. The van der Waals surface area contributed by atoms with Crippen LogP contribution in [0.1, 0.15) is 40.8 Å². The monoisotopic (exact) mass is 498 g/mol. The number of hydrogen-bond acceptors (Lipinski definition) is 4. The summed E-state index contributed by atoms with van der Waals surface area (Å²) in [7, 11) is 0. The number of fused-ring (bicyclic) bond motifs is 5. The average Bonchev–Trinajstić information content (AvgIpc) is 3.32. The lowest BCUT2D eigenvalue weighted by molar-refractivity contribution is 0.810. The predicted octanol–water partition coefficient (Wildman–Crippen LogP) is 8.40. The van der Waals surface area contributed by atoms with Crippen LogP contribution in [0.3, 0.4) is 0 Å². The molecule has 0 amide bonds. The summed E-state index contributed by atoms with van der Waals surface area (Å²) in [5.74, 6) is 0.739. The Morgan fingerprint density at radius 1 is 0.833 bits per heavy atom. The minimum atomic E-state index is 0.338. The van der Waals surface area contributed by atoms with E-state index in [4.69, 9.17) is 0 Å². The molecule has 0 bridgehead atoms. The zero-order chi connectivity index (χ0) is 23.6. The van der Waals surface area contributed by atoms with E-state index >= 15 is 0 Å². The highest BCUT2D eigenvalue weighted by Gasteiger charge is 2.36. The van der Waals surface area contributed by atoms with Crippen molar-refractivity contribution in [1.82, 2.24) is 9.97 Å². The molecule has 3 unspecified atom stereocenters. The summed E-state index contributed by atoms with van der Waals surface area (Å²) in [6.45, 7) is 0. The number of rotatable bonds is 2. The second-order valence-corrected chi connectivity index (χ2v) is 12.0. The number of hydrogen-bond donors (Lipinski definition) is 0. The van der Waals surface area contributed by atoms with E-state index in [2.05, 4.69) is 88.9 Å². The number of benzene rings is 2. The van der Waals surface area contributed by atoms with Gasteiger partial charge in [-0.1, -0.05) is 66.4 Å².